The highest BCUT2D eigenvalue weighted by Crippen LogP contribution is 2.23. The van der Waals surface area contributed by atoms with E-state index in [1.54, 1.807) is 0 Å². The molecule has 1 atom stereocenters. The Kier molecular flexibility index (Phi) is 17.8. The predicted molar refractivity (Wildman–Crippen MR) is 122 cm³/mol. The molecule has 0 saturated carbocycles. The number of hydrogen-bond donors (Lipinski definition) is 0. The Labute approximate surface area is 206 Å². The molecular formula is C23H40O12. The number of unbranched alkanes of at least 4 members (excludes halogenated alkanes) is 2. The topological polar surface area (TPSA) is 142 Å². The van der Waals surface area contributed by atoms with E-state index in [9.17, 15) is 19.2 Å². The third kappa shape index (κ3) is 17.2. The molecule has 204 valence electrons. The molecule has 0 N–H and O–H groups in total. The molecule has 12 nitrogen and oxygen atoms in total. The molecule has 0 aliphatic heterocycles. The van der Waals surface area contributed by atoms with E-state index in [-0.39, 0.29) is 32.2 Å². The maximum Gasteiger partial charge on any atom is 0.511 e. The second-order valence-corrected chi connectivity index (χ2v) is 8.13. The Balaban J connectivity index is 5.15. The Morgan fingerprint density at radius 3 is 1.71 bits per heavy atom. The van der Waals surface area contributed by atoms with Crippen LogP contribution in [0.3, 0.4) is 0 Å². The molecule has 0 heterocycles. The van der Waals surface area contributed by atoms with Gasteiger partial charge < -0.3 is 37.9 Å². The van der Waals surface area contributed by atoms with Crippen molar-refractivity contribution in [3.05, 3.63) is 0 Å². The molecule has 0 amide bonds. The molecule has 0 saturated heterocycles. The van der Waals surface area contributed by atoms with Crippen molar-refractivity contribution in [1.82, 2.24) is 0 Å². The van der Waals surface area contributed by atoms with Crippen LogP contribution in [-0.4, -0.2) is 70.0 Å². The monoisotopic (exact) mass is 508 g/mol. The Bertz CT molecular complexity index is 622. The number of carbonyl (C=O) groups is 4. The molecule has 1 unspecified atom stereocenters. The molecule has 0 aliphatic rings. The zero-order valence-corrected chi connectivity index (χ0v) is 21.5. The first-order valence-electron chi connectivity index (χ1n) is 11.9. The van der Waals surface area contributed by atoms with Crippen LogP contribution in [0.1, 0.15) is 73.1 Å². The second-order valence-electron chi connectivity index (χ2n) is 8.13. The molecule has 0 aromatic heterocycles. The summed E-state index contributed by atoms with van der Waals surface area (Å²) in [4.78, 5) is 47.6. The number of rotatable bonds is 17. The summed E-state index contributed by atoms with van der Waals surface area (Å²) in [5.41, 5.74) is -1.58. The smallest absolute Gasteiger partial charge is 0.434 e. The molecule has 35 heavy (non-hydrogen) atoms. The van der Waals surface area contributed by atoms with Gasteiger partial charge in [-0.3, -0.25) is 0 Å². The molecule has 0 aliphatic carbocycles. The van der Waals surface area contributed by atoms with Crippen LogP contribution in [0.5, 0.6) is 0 Å². The average molecular weight is 509 g/mol. The van der Waals surface area contributed by atoms with Gasteiger partial charge in [-0.05, 0) is 31.6 Å². The highest BCUT2D eigenvalue weighted by Gasteiger charge is 2.39. The van der Waals surface area contributed by atoms with E-state index in [4.69, 9.17) is 33.2 Å². The summed E-state index contributed by atoms with van der Waals surface area (Å²) in [6.07, 6.45) is -0.694. The summed E-state index contributed by atoms with van der Waals surface area (Å²) in [6, 6.07) is 0. The summed E-state index contributed by atoms with van der Waals surface area (Å²) in [6.45, 7) is 8.10. The van der Waals surface area contributed by atoms with E-state index < -0.39 is 50.2 Å². The van der Waals surface area contributed by atoms with E-state index in [1.165, 1.54) is 0 Å². The molecule has 0 spiro atoms. The van der Waals surface area contributed by atoms with E-state index >= 15 is 0 Å². The minimum Gasteiger partial charge on any atom is -0.434 e. The maximum atomic E-state index is 12.3. The second kappa shape index (κ2) is 19.4. The molecule has 0 radical (unpaired) electrons. The Hall–Kier alpha value is -2.92. The highest BCUT2D eigenvalue weighted by atomic mass is 16.8. The largest absolute Gasteiger partial charge is 0.511 e. The van der Waals surface area contributed by atoms with Gasteiger partial charge >= 0.3 is 24.6 Å². The predicted octanol–water partition coefficient (Wildman–Crippen LogP) is 5.35. The SMILES string of the molecule is CCCCOC(=O)OCC(CCCC)(COC(=O)OCCC)OC(=O)OCOC(=O)OCC(C)C. The lowest BCUT2D eigenvalue weighted by molar-refractivity contribution is -0.122. The molecule has 12 heteroatoms. The van der Waals surface area contributed by atoms with Gasteiger partial charge in [0.05, 0.1) is 19.8 Å². The van der Waals surface area contributed by atoms with Crippen molar-refractivity contribution in [3.63, 3.8) is 0 Å². The summed E-state index contributed by atoms with van der Waals surface area (Å²) in [5, 5.41) is 0. The summed E-state index contributed by atoms with van der Waals surface area (Å²) in [5.74, 6) is 0.102. The fraction of sp³-hybridized carbons (Fsp3) is 0.826. The van der Waals surface area contributed by atoms with E-state index in [0.29, 0.717) is 25.7 Å². The van der Waals surface area contributed by atoms with Crippen LogP contribution in [0.2, 0.25) is 0 Å². The van der Waals surface area contributed by atoms with E-state index in [1.807, 2.05) is 34.6 Å². The van der Waals surface area contributed by atoms with Gasteiger partial charge in [0.2, 0.25) is 6.79 Å². The van der Waals surface area contributed by atoms with Crippen LogP contribution in [0.4, 0.5) is 19.2 Å². The average Bonchev–Trinajstić information content (AvgIpc) is 2.82. The molecule has 0 aromatic rings. The lowest BCUT2D eigenvalue weighted by atomic mass is 9.98. The van der Waals surface area contributed by atoms with Crippen LogP contribution in [0.15, 0.2) is 0 Å². The van der Waals surface area contributed by atoms with Crippen molar-refractivity contribution >= 4 is 24.6 Å². The fourth-order valence-electron chi connectivity index (χ4n) is 2.35. The van der Waals surface area contributed by atoms with Crippen LogP contribution in [0.25, 0.3) is 0 Å². The third-order valence-corrected chi connectivity index (χ3v) is 4.22. The van der Waals surface area contributed by atoms with Crippen molar-refractivity contribution in [2.24, 2.45) is 5.92 Å². The number of ether oxygens (including phenoxy) is 8. The molecule has 0 fully saturated rings. The maximum absolute atomic E-state index is 12.3. The Morgan fingerprint density at radius 1 is 0.629 bits per heavy atom. The molecule has 0 rings (SSSR count). The Morgan fingerprint density at radius 2 is 1.17 bits per heavy atom. The lowest BCUT2D eigenvalue weighted by Crippen LogP contribution is -2.46. The van der Waals surface area contributed by atoms with Crippen LogP contribution < -0.4 is 0 Å². The first-order valence-corrected chi connectivity index (χ1v) is 11.9. The van der Waals surface area contributed by atoms with Gasteiger partial charge in [-0.25, -0.2) is 19.2 Å². The van der Waals surface area contributed by atoms with Crippen molar-refractivity contribution < 1.29 is 57.1 Å². The first-order chi connectivity index (χ1) is 16.7. The van der Waals surface area contributed by atoms with Gasteiger partial charge in [-0.1, -0.05) is 47.5 Å². The van der Waals surface area contributed by atoms with Crippen LogP contribution >= 0.6 is 0 Å². The van der Waals surface area contributed by atoms with Gasteiger partial charge in [0, 0.05) is 0 Å². The van der Waals surface area contributed by atoms with E-state index in [2.05, 4.69) is 4.74 Å². The van der Waals surface area contributed by atoms with Gasteiger partial charge in [0.15, 0.2) is 5.60 Å². The summed E-state index contributed by atoms with van der Waals surface area (Å²) >= 11 is 0. The van der Waals surface area contributed by atoms with Gasteiger partial charge in [-0.15, -0.1) is 0 Å². The standard InChI is InChI=1S/C23H40O12/c1-6-9-11-23(15-31-19(24)28-12-8-3,16-32-20(25)29-13-10-7-2)35-22(27)34-17-33-21(26)30-14-18(4)5/h18H,6-17H2,1-5H3. The van der Waals surface area contributed by atoms with Crippen molar-refractivity contribution in [1.29, 1.82) is 0 Å². The molecule has 0 aromatic carbocycles. The normalized spacial score (nSPS) is 12.2. The van der Waals surface area contributed by atoms with Crippen LogP contribution in [-0.2, 0) is 37.9 Å². The van der Waals surface area contributed by atoms with Gasteiger partial charge in [0.25, 0.3) is 0 Å². The fourth-order valence-corrected chi connectivity index (χ4v) is 2.35. The zero-order valence-electron chi connectivity index (χ0n) is 21.5. The van der Waals surface area contributed by atoms with E-state index in [0.717, 1.165) is 6.42 Å². The number of hydrogen-bond acceptors (Lipinski definition) is 12. The lowest BCUT2D eigenvalue weighted by Gasteiger charge is -2.31. The first kappa shape index (κ1) is 32.1. The summed E-state index contributed by atoms with van der Waals surface area (Å²) < 4.78 is 39.7. The van der Waals surface area contributed by atoms with Crippen molar-refractivity contribution in [3.8, 4) is 0 Å². The highest BCUT2D eigenvalue weighted by molar-refractivity contribution is 5.63. The molecular weight excluding hydrogens is 468 g/mol. The van der Waals surface area contributed by atoms with Crippen molar-refractivity contribution in [2.75, 3.05) is 39.8 Å². The zero-order chi connectivity index (χ0) is 26.5. The summed E-state index contributed by atoms with van der Waals surface area (Å²) in [7, 11) is 0. The van der Waals surface area contributed by atoms with Crippen LogP contribution in [0, 0.1) is 5.92 Å². The van der Waals surface area contributed by atoms with Gasteiger partial charge in [0.1, 0.15) is 13.2 Å². The molecule has 0 bridgehead atoms. The third-order valence-electron chi connectivity index (χ3n) is 4.22. The minimum absolute atomic E-state index is 0.102. The number of carbonyl (C=O) groups excluding carboxylic acids is 4. The van der Waals surface area contributed by atoms with Gasteiger partial charge in [-0.2, -0.15) is 0 Å². The quantitative estimate of drug-likeness (QED) is 0.108. The van der Waals surface area contributed by atoms with Crippen molar-refractivity contribution in [2.45, 2.75) is 78.7 Å². The minimum atomic E-state index is -1.58.